The number of benzene rings is 1. The average molecular weight is 313 g/mol. The highest BCUT2D eigenvalue weighted by atomic mass is 35.5. The van der Waals surface area contributed by atoms with Crippen LogP contribution in [0.15, 0.2) is 23.1 Å². The molecule has 2 unspecified atom stereocenters. The van der Waals surface area contributed by atoms with Crippen LogP contribution in [0.25, 0.3) is 0 Å². The summed E-state index contributed by atoms with van der Waals surface area (Å²) < 4.78 is 27.4. The molecule has 0 spiro atoms. The Hall–Kier alpha value is -1.09. The van der Waals surface area contributed by atoms with Crippen LogP contribution in [0.1, 0.15) is 38.2 Å². The first-order chi connectivity index (χ1) is 9.44. The van der Waals surface area contributed by atoms with Gasteiger partial charge in [-0.1, -0.05) is 31.4 Å². The monoisotopic (exact) mass is 312 g/mol. The summed E-state index contributed by atoms with van der Waals surface area (Å²) in [7, 11) is -3.58. The first kappa shape index (κ1) is 15.3. The van der Waals surface area contributed by atoms with E-state index in [1.54, 1.807) is 0 Å². The topological polar surface area (TPSA) is 70.0 Å². The van der Waals surface area contributed by atoms with Crippen LogP contribution < -0.4 is 4.72 Å². The summed E-state index contributed by atoms with van der Waals surface area (Å²) in [5, 5.41) is 8.97. The first-order valence-corrected chi connectivity index (χ1v) is 8.52. The molecule has 1 saturated carbocycles. The zero-order chi connectivity index (χ0) is 14.8. The number of nitriles is 1. The number of hydrogen-bond donors (Lipinski definition) is 1. The Morgan fingerprint density at radius 2 is 2.05 bits per heavy atom. The van der Waals surface area contributed by atoms with Gasteiger partial charge in [0.25, 0.3) is 0 Å². The summed E-state index contributed by atoms with van der Waals surface area (Å²) in [5.41, 5.74) is 0.275. The fourth-order valence-corrected chi connectivity index (χ4v) is 4.20. The molecule has 2 atom stereocenters. The van der Waals surface area contributed by atoms with E-state index < -0.39 is 10.0 Å². The zero-order valence-electron chi connectivity index (χ0n) is 11.3. The Morgan fingerprint density at radius 1 is 1.35 bits per heavy atom. The molecular formula is C14H17ClN2O2S. The second-order valence-corrected chi connectivity index (χ2v) is 7.36. The van der Waals surface area contributed by atoms with Crippen LogP contribution in [0, 0.1) is 17.2 Å². The molecule has 0 aromatic heterocycles. The third-order valence-electron chi connectivity index (χ3n) is 3.79. The lowest BCUT2D eigenvalue weighted by Gasteiger charge is -2.29. The molecule has 0 amide bonds. The number of sulfonamides is 1. The highest BCUT2D eigenvalue weighted by molar-refractivity contribution is 7.89. The van der Waals surface area contributed by atoms with Crippen LogP contribution >= 0.6 is 11.6 Å². The molecule has 0 aliphatic heterocycles. The van der Waals surface area contributed by atoms with Crippen molar-refractivity contribution in [3.63, 3.8) is 0 Å². The van der Waals surface area contributed by atoms with Gasteiger partial charge in [0.1, 0.15) is 6.07 Å². The van der Waals surface area contributed by atoms with Gasteiger partial charge in [0.2, 0.25) is 10.0 Å². The second-order valence-electron chi connectivity index (χ2n) is 5.24. The highest BCUT2D eigenvalue weighted by Crippen LogP contribution is 2.26. The zero-order valence-corrected chi connectivity index (χ0v) is 12.8. The smallest absolute Gasteiger partial charge is 0.208 e. The van der Waals surface area contributed by atoms with Gasteiger partial charge < -0.3 is 0 Å². The predicted octanol–water partition coefficient (Wildman–Crippen LogP) is 3.07. The highest BCUT2D eigenvalue weighted by Gasteiger charge is 2.27. The second kappa shape index (κ2) is 6.13. The summed E-state index contributed by atoms with van der Waals surface area (Å²) in [6.45, 7) is 2.07. The fourth-order valence-electron chi connectivity index (χ4n) is 2.51. The van der Waals surface area contributed by atoms with Crippen molar-refractivity contribution in [1.82, 2.24) is 4.72 Å². The van der Waals surface area contributed by atoms with E-state index in [0.29, 0.717) is 5.92 Å². The third-order valence-corrected chi connectivity index (χ3v) is 5.59. The van der Waals surface area contributed by atoms with Crippen LogP contribution in [-0.4, -0.2) is 14.5 Å². The maximum absolute atomic E-state index is 12.3. The molecule has 1 N–H and O–H groups in total. The summed E-state index contributed by atoms with van der Waals surface area (Å²) in [6.07, 6.45) is 4.11. The maximum Gasteiger partial charge on any atom is 0.240 e. The molecule has 1 aliphatic carbocycles. The minimum atomic E-state index is -3.58. The lowest BCUT2D eigenvalue weighted by Crippen LogP contribution is -2.40. The number of hydrogen-bond acceptors (Lipinski definition) is 3. The van der Waals surface area contributed by atoms with E-state index >= 15 is 0 Å². The lowest BCUT2D eigenvalue weighted by molar-refractivity contribution is 0.310. The van der Waals surface area contributed by atoms with E-state index in [9.17, 15) is 8.42 Å². The summed E-state index contributed by atoms with van der Waals surface area (Å²) >= 11 is 5.89. The van der Waals surface area contributed by atoms with Crippen LogP contribution in [0.2, 0.25) is 5.02 Å². The van der Waals surface area contributed by atoms with Crippen molar-refractivity contribution in [2.24, 2.45) is 5.92 Å². The van der Waals surface area contributed by atoms with Gasteiger partial charge in [-0.25, -0.2) is 13.1 Å². The summed E-state index contributed by atoms with van der Waals surface area (Å²) in [4.78, 5) is 0.110. The average Bonchev–Trinajstić information content (AvgIpc) is 2.41. The minimum absolute atomic E-state index is 0.0248. The van der Waals surface area contributed by atoms with Crippen LogP contribution in [0.3, 0.4) is 0 Å². The van der Waals surface area contributed by atoms with Crippen LogP contribution in [0.5, 0.6) is 0 Å². The normalized spacial score (nSPS) is 23.2. The van der Waals surface area contributed by atoms with Crippen molar-refractivity contribution in [3.05, 3.63) is 28.8 Å². The molecule has 1 aromatic carbocycles. The van der Waals surface area contributed by atoms with Gasteiger partial charge in [-0.2, -0.15) is 5.26 Å². The Labute approximate surface area is 124 Å². The van der Waals surface area contributed by atoms with Crippen molar-refractivity contribution in [3.8, 4) is 6.07 Å². The van der Waals surface area contributed by atoms with Gasteiger partial charge in [-0.05, 0) is 37.0 Å². The van der Waals surface area contributed by atoms with Gasteiger partial charge in [-0.3, -0.25) is 0 Å². The molecule has 20 heavy (non-hydrogen) atoms. The lowest BCUT2D eigenvalue weighted by atomic mass is 9.87. The molecular weight excluding hydrogens is 296 g/mol. The van der Waals surface area contributed by atoms with E-state index in [2.05, 4.69) is 11.6 Å². The number of nitrogens with zero attached hydrogens (tertiary/aromatic N) is 1. The molecule has 1 fully saturated rings. The number of halogens is 1. The van der Waals surface area contributed by atoms with Crippen molar-refractivity contribution < 1.29 is 8.42 Å². The van der Waals surface area contributed by atoms with E-state index in [0.717, 1.165) is 25.7 Å². The SMILES string of the molecule is CC1CCCCC1NS(=O)(=O)c1ccc(C#N)c(Cl)c1. The van der Waals surface area contributed by atoms with E-state index in [4.69, 9.17) is 16.9 Å². The van der Waals surface area contributed by atoms with Crippen molar-refractivity contribution >= 4 is 21.6 Å². The van der Waals surface area contributed by atoms with Crippen molar-refractivity contribution in [1.29, 1.82) is 5.26 Å². The molecule has 1 aromatic rings. The quantitative estimate of drug-likeness (QED) is 0.932. The molecule has 0 saturated heterocycles. The first-order valence-electron chi connectivity index (χ1n) is 6.66. The van der Waals surface area contributed by atoms with Crippen LogP contribution in [0.4, 0.5) is 0 Å². The molecule has 2 rings (SSSR count). The molecule has 1 aliphatic rings. The summed E-state index contributed by atoms with van der Waals surface area (Å²) in [5.74, 6) is 0.340. The fraction of sp³-hybridized carbons (Fsp3) is 0.500. The van der Waals surface area contributed by atoms with Crippen molar-refractivity contribution in [2.45, 2.75) is 43.5 Å². The van der Waals surface area contributed by atoms with Gasteiger partial charge in [-0.15, -0.1) is 0 Å². The molecule has 0 heterocycles. The van der Waals surface area contributed by atoms with Gasteiger partial charge >= 0.3 is 0 Å². The number of rotatable bonds is 3. The third kappa shape index (κ3) is 3.32. The van der Waals surface area contributed by atoms with Crippen molar-refractivity contribution in [2.75, 3.05) is 0 Å². The predicted molar refractivity (Wildman–Crippen MR) is 77.9 cm³/mol. The van der Waals surface area contributed by atoms with Gasteiger partial charge in [0.15, 0.2) is 0 Å². The summed E-state index contributed by atoms with van der Waals surface area (Å²) in [6, 6.07) is 6.07. The van der Waals surface area contributed by atoms with Crippen LogP contribution in [-0.2, 0) is 10.0 Å². The molecule has 6 heteroatoms. The number of nitrogens with one attached hydrogen (secondary N) is 1. The van der Waals surface area contributed by atoms with Gasteiger partial charge in [0.05, 0.1) is 15.5 Å². The van der Waals surface area contributed by atoms with Gasteiger partial charge in [0, 0.05) is 6.04 Å². The van der Waals surface area contributed by atoms with E-state index in [-0.39, 0.29) is 21.5 Å². The molecule has 4 nitrogen and oxygen atoms in total. The Bertz CT molecular complexity index is 637. The Morgan fingerprint density at radius 3 is 2.65 bits per heavy atom. The van der Waals surface area contributed by atoms with E-state index in [1.807, 2.05) is 6.07 Å². The van der Waals surface area contributed by atoms with E-state index in [1.165, 1.54) is 18.2 Å². The largest absolute Gasteiger partial charge is 0.240 e. The standard InChI is InChI=1S/C14H17ClN2O2S/c1-10-4-2-3-5-14(10)17-20(18,19)12-7-6-11(9-16)13(15)8-12/h6-8,10,14,17H,2-5H2,1H3. The Balaban J connectivity index is 2.22. The Kier molecular flexibility index (Phi) is 4.69. The minimum Gasteiger partial charge on any atom is -0.208 e. The maximum atomic E-state index is 12.3. The molecule has 0 radical (unpaired) electrons. The molecule has 108 valence electrons. The molecule has 0 bridgehead atoms.